The second-order valence-corrected chi connectivity index (χ2v) is 14.7. The van der Waals surface area contributed by atoms with Crippen LogP contribution in [0.2, 0.25) is 0 Å². The summed E-state index contributed by atoms with van der Waals surface area (Å²) in [5.74, 6) is 3.01. The number of nitrogens with zero attached hydrogens (tertiary/aromatic N) is 1. The van der Waals surface area contributed by atoms with Gasteiger partial charge in [-0.1, -0.05) is 144 Å². The van der Waals surface area contributed by atoms with Crippen molar-refractivity contribution in [2.75, 3.05) is 0 Å². The van der Waals surface area contributed by atoms with Gasteiger partial charge in [-0.15, -0.1) is 0 Å². The zero-order chi connectivity index (χ0) is 33.0. The molecule has 1 heteroatoms. The van der Waals surface area contributed by atoms with E-state index in [-0.39, 0.29) is 0 Å². The zero-order valence-corrected chi connectivity index (χ0v) is 29.5. The first-order chi connectivity index (χ1) is 23.6. The molecule has 0 N–H and O–H groups in total. The molecule has 0 aromatic heterocycles. The SMILES string of the molecule is CC/C=C\C1=C(c2ccc3ccccc3c2)c2ccccc2C(C2C=CC(C3CC(C4=CC=CCC4)=CC=N3)C(C)C2CCCC)C1C. The largest absolute Gasteiger partial charge is 0.289 e. The highest BCUT2D eigenvalue weighted by atomic mass is 14.8. The molecule has 7 atom stereocenters. The number of unbranched alkanes of at least 4 members (excludes halogenated alkanes) is 1. The highest BCUT2D eigenvalue weighted by molar-refractivity contribution is 5.93. The maximum Gasteiger partial charge on any atom is 0.0605 e. The van der Waals surface area contributed by atoms with E-state index in [1.807, 2.05) is 0 Å². The fourth-order valence-electron chi connectivity index (χ4n) is 9.45. The number of fused-ring (bicyclic) bond motifs is 2. The number of dihydropyridines is 1. The van der Waals surface area contributed by atoms with Crippen LogP contribution in [0.15, 0.2) is 137 Å². The molecule has 48 heavy (non-hydrogen) atoms. The lowest BCUT2D eigenvalue weighted by molar-refractivity contribution is 0.146. The molecule has 0 fully saturated rings. The molecule has 0 saturated heterocycles. The lowest BCUT2D eigenvalue weighted by Gasteiger charge is -2.47. The van der Waals surface area contributed by atoms with E-state index in [0.29, 0.717) is 41.5 Å². The molecule has 0 amide bonds. The summed E-state index contributed by atoms with van der Waals surface area (Å²) < 4.78 is 0. The number of rotatable bonds is 9. The molecule has 1 nitrogen and oxygen atoms in total. The normalized spacial score (nSPS) is 28.5. The molecule has 7 rings (SSSR count). The summed E-state index contributed by atoms with van der Waals surface area (Å²) in [6.07, 6.45) is 29.6. The first kappa shape index (κ1) is 32.6. The smallest absolute Gasteiger partial charge is 0.0605 e. The van der Waals surface area contributed by atoms with E-state index in [9.17, 15) is 0 Å². The van der Waals surface area contributed by atoms with Crippen LogP contribution < -0.4 is 0 Å². The summed E-state index contributed by atoms with van der Waals surface area (Å²) >= 11 is 0. The predicted molar refractivity (Wildman–Crippen MR) is 207 cm³/mol. The highest BCUT2D eigenvalue weighted by Gasteiger charge is 2.44. The number of hydrogen-bond acceptors (Lipinski definition) is 1. The van der Waals surface area contributed by atoms with Gasteiger partial charge >= 0.3 is 0 Å². The summed E-state index contributed by atoms with van der Waals surface area (Å²) in [4.78, 5) is 5.15. The Bertz CT molecular complexity index is 1840. The minimum Gasteiger partial charge on any atom is -0.289 e. The van der Waals surface area contributed by atoms with Crippen LogP contribution in [-0.2, 0) is 0 Å². The van der Waals surface area contributed by atoms with Crippen LogP contribution in [0, 0.1) is 29.6 Å². The van der Waals surface area contributed by atoms with Crippen molar-refractivity contribution in [1.82, 2.24) is 0 Å². The van der Waals surface area contributed by atoms with Gasteiger partial charge in [-0.05, 0) is 124 Å². The molecule has 3 aromatic rings. The fraction of sp³-hybridized carbons (Fsp3) is 0.383. The maximum atomic E-state index is 5.15. The van der Waals surface area contributed by atoms with Crippen molar-refractivity contribution in [2.24, 2.45) is 34.6 Å². The Morgan fingerprint density at radius 3 is 2.48 bits per heavy atom. The van der Waals surface area contributed by atoms with Crippen LogP contribution in [0.3, 0.4) is 0 Å². The van der Waals surface area contributed by atoms with Gasteiger partial charge in [-0.25, -0.2) is 0 Å². The third-order valence-corrected chi connectivity index (χ3v) is 12.0. The standard InChI is InChI=1S/C47H53N/c1-5-7-20-39-32(3)40(45-31-37(28-29-48-45)34-16-10-9-11-17-34)26-27-44(39)46-33(4)41(21-8-6-2)47(43-23-15-14-22-42(43)46)38-25-24-35-18-12-13-19-36(35)30-38/h8-10,12-16,18-19,21-30,32-33,39-40,44-46H,5-7,11,17,20,31H2,1-4H3/b21-8-. The quantitative estimate of drug-likeness (QED) is 0.208. The summed E-state index contributed by atoms with van der Waals surface area (Å²) in [5, 5.41) is 2.61. The predicted octanol–water partition coefficient (Wildman–Crippen LogP) is 12.6. The third-order valence-electron chi connectivity index (χ3n) is 12.0. The molecule has 0 radical (unpaired) electrons. The number of allylic oxidation sites excluding steroid dienone is 9. The monoisotopic (exact) mass is 631 g/mol. The number of aliphatic imine (C=N–C) groups is 1. The second kappa shape index (κ2) is 14.7. The Morgan fingerprint density at radius 1 is 0.854 bits per heavy atom. The van der Waals surface area contributed by atoms with E-state index in [1.54, 1.807) is 0 Å². The van der Waals surface area contributed by atoms with Crippen LogP contribution in [-0.4, -0.2) is 12.3 Å². The van der Waals surface area contributed by atoms with E-state index in [2.05, 4.69) is 149 Å². The Kier molecular flexibility index (Phi) is 9.94. The van der Waals surface area contributed by atoms with Crippen LogP contribution in [0.25, 0.3) is 16.3 Å². The van der Waals surface area contributed by atoms with Gasteiger partial charge in [0.2, 0.25) is 0 Å². The van der Waals surface area contributed by atoms with E-state index >= 15 is 0 Å². The second-order valence-electron chi connectivity index (χ2n) is 14.7. The van der Waals surface area contributed by atoms with Gasteiger partial charge in [0, 0.05) is 12.1 Å². The third kappa shape index (κ3) is 6.29. The van der Waals surface area contributed by atoms with Crippen molar-refractivity contribution < 1.29 is 0 Å². The van der Waals surface area contributed by atoms with Gasteiger partial charge in [0.1, 0.15) is 0 Å². The van der Waals surface area contributed by atoms with Gasteiger partial charge in [-0.3, -0.25) is 4.99 Å². The number of benzene rings is 3. The minimum atomic E-state index is 0.326. The zero-order valence-electron chi connectivity index (χ0n) is 29.5. The molecular weight excluding hydrogens is 579 g/mol. The Hall–Kier alpha value is -3.97. The molecule has 0 bridgehead atoms. The molecule has 0 spiro atoms. The Morgan fingerprint density at radius 2 is 1.67 bits per heavy atom. The average Bonchev–Trinajstić information content (AvgIpc) is 3.13. The van der Waals surface area contributed by atoms with Crippen molar-refractivity contribution in [2.45, 2.75) is 84.6 Å². The summed E-state index contributed by atoms with van der Waals surface area (Å²) in [5.41, 5.74) is 10.2. The number of hydrogen-bond donors (Lipinski definition) is 0. The van der Waals surface area contributed by atoms with Crippen molar-refractivity contribution in [3.05, 3.63) is 149 Å². The Labute approximate surface area is 289 Å². The lowest BCUT2D eigenvalue weighted by Crippen LogP contribution is -2.40. The first-order valence-electron chi connectivity index (χ1n) is 18.8. The van der Waals surface area contributed by atoms with E-state index in [4.69, 9.17) is 4.99 Å². The molecular formula is C47H53N. The van der Waals surface area contributed by atoms with Crippen molar-refractivity contribution in [3.8, 4) is 0 Å². The van der Waals surface area contributed by atoms with Gasteiger partial charge in [0.15, 0.2) is 0 Å². The van der Waals surface area contributed by atoms with Gasteiger partial charge < -0.3 is 0 Å². The summed E-state index contributed by atoms with van der Waals surface area (Å²) in [6, 6.07) is 25.6. The lowest BCUT2D eigenvalue weighted by atomic mass is 9.57. The molecule has 3 aromatic carbocycles. The fourth-order valence-corrected chi connectivity index (χ4v) is 9.45. The maximum absolute atomic E-state index is 5.15. The molecule has 246 valence electrons. The van der Waals surface area contributed by atoms with Crippen molar-refractivity contribution in [3.63, 3.8) is 0 Å². The average molecular weight is 632 g/mol. The molecule has 0 saturated carbocycles. The molecule has 7 unspecified atom stereocenters. The van der Waals surface area contributed by atoms with Gasteiger partial charge in [0.05, 0.1) is 6.04 Å². The van der Waals surface area contributed by atoms with Gasteiger partial charge in [-0.2, -0.15) is 0 Å². The van der Waals surface area contributed by atoms with Crippen molar-refractivity contribution >= 4 is 22.6 Å². The van der Waals surface area contributed by atoms with Crippen molar-refractivity contribution in [1.29, 1.82) is 0 Å². The van der Waals surface area contributed by atoms with Gasteiger partial charge in [0.25, 0.3) is 0 Å². The first-order valence-corrected chi connectivity index (χ1v) is 18.8. The van der Waals surface area contributed by atoms with E-state index in [0.717, 1.165) is 25.7 Å². The van der Waals surface area contributed by atoms with Crippen LogP contribution >= 0.6 is 0 Å². The van der Waals surface area contributed by atoms with Crippen LogP contribution in [0.1, 0.15) is 95.2 Å². The Balaban J connectivity index is 1.28. The highest BCUT2D eigenvalue weighted by Crippen LogP contribution is 2.54. The molecule has 1 heterocycles. The topological polar surface area (TPSA) is 12.4 Å². The molecule has 1 aliphatic heterocycles. The summed E-state index contributed by atoms with van der Waals surface area (Å²) in [7, 11) is 0. The minimum absolute atomic E-state index is 0.326. The van der Waals surface area contributed by atoms with Crippen LogP contribution in [0.4, 0.5) is 0 Å². The van der Waals surface area contributed by atoms with E-state index in [1.165, 1.54) is 69.0 Å². The van der Waals surface area contributed by atoms with E-state index < -0.39 is 0 Å². The molecule has 4 aliphatic rings. The molecule has 3 aliphatic carbocycles. The van der Waals surface area contributed by atoms with Crippen LogP contribution in [0.5, 0.6) is 0 Å². The summed E-state index contributed by atoms with van der Waals surface area (Å²) in [6.45, 7) is 9.70.